The fourth-order valence-corrected chi connectivity index (χ4v) is 3.26. The van der Waals surface area contributed by atoms with E-state index < -0.39 is 23.0 Å². The maximum atomic E-state index is 14.5. The zero-order valence-electron chi connectivity index (χ0n) is 14.6. The summed E-state index contributed by atoms with van der Waals surface area (Å²) in [4.78, 5) is 18.0. The predicted molar refractivity (Wildman–Crippen MR) is 94.4 cm³/mol. The molecule has 1 aliphatic rings. The number of aromatic nitrogens is 5. The molecule has 2 aromatic heterocycles. The van der Waals surface area contributed by atoms with Crippen molar-refractivity contribution in [1.82, 2.24) is 24.7 Å². The molecular formula is C17H14ClF3N6O. The van der Waals surface area contributed by atoms with Crippen LogP contribution in [0.15, 0.2) is 24.8 Å². The van der Waals surface area contributed by atoms with E-state index in [2.05, 4.69) is 20.1 Å². The highest BCUT2D eigenvalue weighted by molar-refractivity contribution is 6.32. The first-order chi connectivity index (χ1) is 13.4. The second-order valence-electron chi connectivity index (χ2n) is 6.26. The number of hydrogen-bond donors (Lipinski definition) is 0. The summed E-state index contributed by atoms with van der Waals surface area (Å²) in [6.07, 6.45) is 4.10. The molecule has 0 spiro atoms. The summed E-state index contributed by atoms with van der Waals surface area (Å²) in [7, 11) is 0. The molecule has 1 saturated heterocycles. The Morgan fingerprint density at radius 3 is 2.54 bits per heavy atom. The fourth-order valence-electron chi connectivity index (χ4n) is 3.00. The highest BCUT2D eigenvalue weighted by Crippen LogP contribution is 2.39. The Kier molecular flexibility index (Phi) is 4.90. The van der Waals surface area contributed by atoms with Crippen LogP contribution in [-0.2, 0) is 4.84 Å². The molecule has 0 radical (unpaired) electrons. The Hall–Kier alpha value is -2.72. The van der Waals surface area contributed by atoms with Crippen LogP contribution in [0, 0.1) is 17.5 Å². The highest BCUT2D eigenvalue weighted by atomic mass is 35.5. The number of benzene rings is 1. The summed E-state index contributed by atoms with van der Waals surface area (Å²) >= 11 is 6.30. The van der Waals surface area contributed by atoms with Crippen molar-refractivity contribution < 1.29 is 18.0 Å². The van der Waals surface area contributed by atoms with Gasteiger partial charge in [0.15, 0.2) is 5.82 Å². The van der Waals surface area contributed by atoms with E-state index in [1.807, 2.05) is 6.92 Å². The quantitative estimate of drug-likeness (QED) is 0.613. The van der Waals surface area contributed by atoms with E-state index in [0.717, 1.165) is 12.8 Å². The summed E-state index contributed by atoms with van der Waals surface area (Å²) in [5, 5.41) is 5.12. The van der Waals surface area contributed by atoms with Gasteiger partial charge in [-0.05, 0) is 19.8 Å². The lowest BCUT2D eigenvalue weighted by molar-refractivity contribution is 0.0114. The van der Waals surface area contributed by atoms with Crippen molar-refractivity contribution in [3.8, 4) is 17.1 Å². The van der Waals surface area contributed by atoms with Crippen LogP contribution in [0.3, 0.4) is 0 Å². The van der Waals surface area contributed by atoms with Crippen LogP contribution >= 0.6 is 11.6 Å². The lowest BCUT2D eigenvalue weighted by atomic mass is 10.1. The molecule has 11 heteroatoms. The molecule has 0 aliphatic carbocycles. The van der Waals surface area contributed by atoms with Gasteiger partial charge in [0.25, 0.3) is 5.95 Å². The van der Waals surface area contributed by atoms with Crippen LogP contribution in [0.1, 0.15) is 19.8 Å². The van der Waals surface area contributed by atoms with E-state index in [0.29, 0.717) is 18.7 Å². The van der Waals surface area contributed by atoms with Gasteiger partial charge in [-0.1, -0.05) is 11.6 Å². The molecular weight excluding hydrogens is 397 g/mol. The minimum absolute atomic E-state index is 0.0472. The molecule has 1 atom stereocenters. The molecule has 1 aliphatic heterocycles. The molecule has 1 fully saturated rings. The molecule has 0 saturated carbocycles. The molecule has 0 N–H and O–H groups in total. The maximum absolute atomic E-state index is 14.5. The van der Waals surface area contributed by atoms with Crippen LogP contribution in [0.25, 0.3) is 17.1 Å². The number of rotatable bonds is 3. The number of halogens is 4. The van der Waals surface area contributed by atoms with Crippen LogP contribution in [0.2, 0.25) is 5.15 Å². The van der Waals surface area contributed by atoms with Crippen molar-refractivity contribution >= 4 is 17.4 Å². The second-order valence-corrected chi connectivity index (χ2v) is 6.62. The SMILES string of the molecule is CC1CCCN(c2nc(-n3cncn3)nc(Cl)c2-c2c(F)cc(F)cc2F)O1. The van der Waals surface area contributed by atoms with E-state index >= 15 is 0 Å². The van der Waals surface area contributed by atoms with Crippen LogP contribution in [0.5, 0.6) is 0 Å². The first-order valence-corrected chi connectivity index (χ1v) is 8.83. The first-order valence-electron chi connectivity index (χ1n) is 8.46. The molecule has 7 nitrogen and oxygen atoms in total. The van der Waals surface area contributed by atoms with Gasteiger partial charge in [0.1, 0.15) is 35.3 Å². The third-order valence-electron chi connectivity index (χ3n) is 4.23. The molecule has 1 aromatic carbocycles. The Labute approximate surface area is 162 Å². The molecule has 1 unspecified atom stereocenters. The lowest BCUT2D eigenvalue weighted by Crippen LogP contribution is -2.36. The normalized spacial score (nSPS) is 17.2. The van der Waals surface area contributed by atoms with Gasteiger partial charge in [-0.15, -0.1) is 0 Å². The van der Waals surface area contributed by atoms with E-state index in [1.54, 1.807) is 0 Å². The van der Waals surface area contributed by atoms with Gasteiger partial charge in [-0.2, -0.15) is 19.7 Å². The minimum Gasteiger partial charge on any atom is -0.269 e. The van der Waals surface area contributed by atoms with Gasteiger partial charge in [0.2, 0.25) is 0 Å². The van der Waals surface area contributed by atoms with Gasteiger partial charge < -0.3 is 0 Å². The number of anilines is 1. The van der Waals surface area contributed by atoms with Gasteiger partial charge >= 0.3 is 0 Å². The topological polar surface area (TPSA) is 69.0 Å². The van der Waals surface area contributed by atoms with Gasteiger partial charge in [-0.25, -0.2) is 23.2 Å². The Morgan fingerprint density at radius 1 is 1.14 bits per heavy atom. The summed E-state index contributed by atoms with van der Waals surface area (Å²) in [6.45, 7) is 2.29. The average molecular weight is 411 g/mol. The molecule has 28 heavy (non-hydrogen) atoms. The summed E-state index contributed by atoms with van der Waals surface area (Å²) in [6, 6.07) is 1.15. The zero-order valence-corrected chi connectivity index (χ0v) is 15.4. The van der Waals surface area contributed by atoms with Gasteiger partial charge in [-0.3, -0.25) is 4.84 Å². The van der Waals surface area contributed by atoms with E-state index in [9.17, 15) is 13.2 Å². The van der Waals surface area contributed by atoms with Gasteiger partial charge in [0.05, 0.1) is 17.2 Å². The van der Waals surface area contributed by atoms with Crippen molar-refractivity contribution in [1.29, 1.82) is 0 Å². The van der Waals surface area contributed by atoms with Crippen LogP contribution in [0.4, 0.5) is 19.0 Å². The van der Waals surface area contributed by atoms with Crippen molar-refractivity contribution in [3.05, 3.63) is 47.4 Å². The fraction of sp³-hybridized carbons (Fsp3) is 0.294. The first kappa shape index (κ1) is 18.6. The van der Waals surface area contributed by atoms with Crippen LogP contribution < -0.4 is 5.06 Å². The molecule has 3 heterocycles. The molecule has 146 valence electrons. The smallest absolute Gasteiger partial charge is 0.255 e. The van der Waals surface area contributed by atoms with E-state index in [-0.39, 0.29) is 28.6 Å². The number of hydroxylamine groups is 1. The molecule has 0 bridgehead atoms. The van der Waals surface area contributed by atoms with E-state index in [1.165, 1.54) is 22.4 Å². The van der Waals surface area contributed by atoms with Crippen LogP contribution in [-0.4, -0.2) is 37.4 Å². The summed E-state index contributed by atoms with van der Waals surface area (Å²) in [5.74, 6) is -3.18. The Balaban J connectivity index is 1.95. The summed E-state index contributed by atoms with van der Waals surface area (Å²) in [5.41, 5.74) is -0.664. The minimum atomic E-state index is -1.12. The molecule has 4 rings (SSSR count). The van der Waals surface area contributed by atoms with E-state index in [4.69, 9.17) is 16.4 Å². The standard InChI is InChI=1S/C17H14ClF3N6O/c1-9-3-2-4-27(28-9)16-14(13-11(20)5-10(19)6-12(13)21)15(18)24-17(25-16)26-8-22-7-23-26/h5-9H,2-4H2,1H3. The van der Waals surface area contributed by atoms with Gasteiger partial charge in [0, 0.05) is 18.7 Å². The van der Waals surface area contributed by atoms with Crippen molar-refractivity contribution in [2.45, 2.75) is 25.9 Å². The van der Waals surface area contributed by atoms with Crippen molar-refractivity contribution in [2.24, 2.45) is 0 Å². The third-order valence-corrected chi connectivity index (χ3v) is 4.50. The zero-order chi connectivity index (χ0) is 19.8. The van der Waals surface area contributed by atoms with Crippen molar-refractivity contribution in [2.75, 3.05) is 11.6 Å². The number of hydrogen-bond acceptors (Lipinski definition) is 6. The Morgan fingerprint density at radius 2 is 1.89 bits per heavy atom. The summed E-state index contributed by atoms with van der Waals surface area (Å²) < 4.78 is 43.6. The average Bonchev–Trinajstić information content (AvgIpc) is 3.16. The highest BCUT2D eigenvalue weighted by Gasteiger charge is 2.29. The molecule has 0 amide bonds. The monoisotopic (exact) mass is 410 g/mol. The number of nitrogens with zero attached hydrogens (tertiary/aromatic N) is 6. The predicted octanol–water partition coefficient (Wildman–Crippen LogP) is 3.72. The Bertz CT molecular complexity index is 993. The maximum Gasteiger partial charge on any atom is 0.255 e. The molecule has 3 aromatic rings. The lowest BCUT2D eigenvalue weighted by Gasteiger charge is -2.32. The second kappa shape index (κ2) is 7.36. The third kappa shape index (κ3) is 3.40. The largest absolute Gasteiger partial charge is 0.269 e. The van der Waals surface area contributed by atoms with Crippen molar-refractivity contribution in [3.63, 3.8) is 0 Å².